The number of aliphatic hydroxyl groups excluding tert-OH is 1. The van der Waals surface area contributed by atoms with Crippen molar-refractivity contribution < 1.29 is 28.2 Å². The van der Waals surface area contributed by atoms with Crippen LogP contribution in [0.5, 0.6) is 5.75 Å². The van der Waals surface area contributed by atoms with Gasteiger partial charge in [0.25, 0.3) is 0 Å². The topological polar surface area (TPSA) is 98.6 Å². The van der Waals surface area contributed by atoms with Crippen LogP contribution < -0.4 is 10.2 Å². The Morgan fingerprint density at radius 1 is 1.20 bits per heavy atom. The summed E-state index contributed by atoms with van der Waals surface area (Å²) in [5.41, 5.74) is 0.635. The van der Waals surface area contributed by atoms with Gasteiger partial charge in [-0.3, -0.25) is 4.90 Å². The Bertz CT molecular complexity index is 996. The van der Waals surface area contributed by atoms with Crippen LogP contribution >= 0.6 is 0 Å². The Morgan fingerprint density at radius 2 is 1.93 bits per heavy atom. The molecule has 1 fully saturated rings. The molecule has 0 unspecified atom stereocenters. The molecule has 1 aliphatic carbocycles. The highest BCUT2D eigenvalue weighted by Gasteiger charge is 2.38. The third-order valence-electron chi connectivity index (χ3n) is 5.79. The van der Waals surface area contributed by atoms with E-state index in [0.29, 0.717) is 35.9 Å². The summed E-state index contributed by atoms with van der Waals surface area (Å²) in [7, 11) is 0. The summed E-state index contributed by atoms with van der Waals surface area (Å²) >= 11 is 0. The van der Waals surface area contributed by atoms with Crippen molar-refractivity contribution >= 4 is 11.8 Å². The number of aliphatic hydroxyl groups is 1. The minimum atomic E-state index is -4.57. The number of fused-ring (bicyclic) bond motifs is 1. The number of nitrogens with zero attached hydrogens (tertiary/aromatic N) is 3. The standard InChI is InChI=1S/C20H21F3N4O3/c1-10-13-9-24-19(30)27(14-4-2-3-5-15(14)28)18(13)26-25-17(10)12-7-6-11(8-16(12)29)20(21,22)23/h6-8,14-15,28-29H,2-5,9H2,1H3,(H,24,30)/t14-,15-/m1/s1. The van der Waals surface area contributed by atoms with Crippen molar-refractivity contribution in [2.24, 2.45) is 0 Å². The summed E-state index contributed by atoms with van der Waals surface area (Å²) in [6.07, 6.45) is -2.25. The molecule has 2 heterocycles. The van der Waals surface area contributed by atoms with Crippen molar-refractivity contribution in [3.8, 4) is 17.0 Å². The smallest absolute Gasteiger partial charge is 0.416 e. The number of hydrogen-bond donors (Lipinski definition) is 3. The minimum Gasteiger partial charge on any atom is -0.507 e. The van der Waals surface area contributed by atoms with E-state index in [4.69, 9.17) is 0 Å². The van der Waals surface area contributed by atoms with Crippen LogP contribution in [0.25, 0.3) is 11.3 Å². The number of nitrogens with one attached hydrogen (secondary N) is 1. The molecule has 0 radical (unpaired) electrons. The first-order chi connectivity index (χ1) is 14.2. The molecular formula is C20H21F3N4O3. The molecular weight excluding hydrogens is 401 g/mol. The number of benzene rings is 1. The van der Waals surface area contributed by atoms with Crippen LogP contribution in [0.4, 0.5) is 23.8 Å². The number of phenols is 1. The second kappa shape index (κ2) is 7.42. The van der Waals surface area contributed by atoms with Crippen LogP contribution in [0.15, 0.2) is 18.2 Å². The lowest BCUT2D eigenvalue weighted by atomic mass is 9.90. The summed E-state index contributed by atoms with van der Waals surface area (Å²) in [6, 6.07) is 1.90. The first kappa shape index (κ1) is 20.4. The zero-order valence-electron chi connectivity index (χ0n) is 16.2. The number of alkyl halides is 3. The van der Waals surface area contributed by atoms with Crippen LogP contribution in [0.1, 0.15) is 42.4 Å². The van der Waals surface area contributed by atoms with E-state index in [-0.39, 0.29) is 23.8 Å². The van der Waals surface area contributed by atoms with E-state index in [1.165, 1.54) is 4.90 Å². The Balaban J connectivity index is 1.76. The second-order valence-corrected chi connectivity index (χ2v) is 7.65. The van der Waals surface area contributed by atoms with Gasteiger partial charge in [-0.2, -0.15) is 13.2 Å². The quantitative estimate of drug-likeness (QED) is 0.688. The van der Waals surface area contributed by atoms with Crippen molar-refractivity contribution in [1.29, 1.82) is 0 Å². The van der Waals surface area contributed by atoms with E-state index in [2.05, 4.69) is 15.5 Å². The molecule has 0 bridgehead atoms. The zero-order chi connectivity index (χ0) is 21.6. The molecule has 1 aromatic heterocycles. The van der Waals surface area contributed by atoms with E-state index in [1.807, 2.05) is 0 Å². The Kier molecular flexibility index (Phi) is 5.05. The van der Waals surface area contributed by atoms with Gasteiger partial charge in [-0.25, -0.2) is 4.79 Å². The Morgan fingerprint density at radius 3 is 2.60 bits per heavy atom. The molecule has 160 valence electrons. The summed E-state index contributed by atoms with van der Waals surface area (Å²) in [5, 5.41) is 31.7. The fraction of sp³-hybridized carbons (Fsp3) is 0.450. The first-order valence-electron chi connectivity index (χ1n) is 9.70. The average Bonchev–Trinajstić information content (AvgIpc) is 2.69. The first-order valence-corrected chi connectivity index (χ1v) is 9.70. The van der Waals surface area contributed by atoms with E-state index >= 15 is 0 Å². The number of amides is 2. The molecule has 2 aromatic rings. The normalized spacial score (nSPS) is 21.9. The molecule has 2 aliphatic rings. The average molecular weight is 422 g/mol. The lowest BCUT2D eigenvalue weighted by Gasteiger charge is -2.39. The maximum Gasteiger partial charge on any atom is 0.416 e. The third kappa shape index (κ3) is 3.45. The van der Waals surface area contributed by atoms with Gasteiger partial charge in [0.2, 0.25) is 0 Å². The molecule has 0 spiro atoms. The molecule has 2 amide bonds. The van der Waals surface area contributed by atoms with Gasteiger partial charge in [0.05, 0.1) is 17.7 Å². The number of rotatable bonds is 2. The van der Waals surface area contributed by atoms with Crippen molar-refractivity contribution in [2.75, 3.05) is 4.90 Å². The zero-order valence-corrected chi connectivity index (χ0v) is 16.2. The maximum absolute atomic E-state index is 12.9. The second-order valence-electron chi connectivity index (χ2n) is 7.65. The SMILES string of the molecule is Cc1c(-c2ccc(C(F)(F)F)cc2O)nnc2c1CNC(=O)N2[C@@H]1CCCC[C@H]1O. The molecule has 1 aliphatic heterocycles. The highest BCUT2D eigenvalue weighted by atomic mass is 19.4. The molecule has 7 nitrogen and oxygen atoms in total. The van der Waals surface area contributed by atoms with Crippen molar-refractivity contribution in [3.05, 3.63) is 34.9 Å². The molecule has 1 saturated carbocycles. The van der Waals surface area contributed by atoms with Gasteiger partial charge in [-0.15, -0.1) is 10.2 Å². The molecule has 0 saturated heterocycles. The number of carbonyl (C=O) groups is 1. The fourth-order valence-corrected chi connectivity index (χ4v) is 4.16. The van der Waals surface area contributed by atoms with E-state index in [9.17, 15) is 28.2 Å². The number of urea groups is 1. The van der Waals surface area contributed by atoms with Gasteiger partial charge in [0, 0.05) is 17.7 Å². The van der Waals surface area contributed by atoms with Crippen LogP contribution in [-0.4, -0.2) is 38.6 Å². The molecule has 30 heavy (non-hydrogen) atoms. The van der Waals surface area contributed by atoms with Crippen LogP contribution in [-0.2, 0) is 12.7 Å². The third-order valence-corrected chi connectivity index (χ3v) is 5.79. The highest BCUT2D eigenvalue weighted by molar-refractivity contribution is 5.95. The lowest BCUT2D eigenvalue weighted by molar-refractivity contribution is -0.137. The maximum atomic E-state index is 12.9. The predicted octanol–water partition coefficient (Wildman–Crippen LogP) is 3.51. The minimum absolute atomic E-state index is 0.122. The summed E-state index contributed by atoms with van der Waals surface area (Å²) in [6.45, 7) is 1.89. The van der Waals surface area contributed by atoms with Gasteiger partial charge >= 0.3 is 12.2 Å². The van der Waals surface area contributed by atoms with E-state index < -0.39 is 29.6 Å². The van der Waals surface area contributed by atoms with Crippen molar-refractivity contribution in [2.45, 2.75) is 57.5 Å². The van der Waals surface area contributed by atoms with Gasteiger partial charge in [-0.05, 0) is 43.5 Å². The number of aromatic nitrogens is 2. The summed E-state index contributed by atoms with van der Waals surface area (Å²) < 4.78 is 38.7. The van der Waals surface area contributed by atoms with Crippen LogP contribution in [0.3, 0.4) is 0 Å². The fourth-order valence-electron chi connectivity index (χ4n) is 4.16. The number of hydrogen-bond acceptors (Lipinski definition) is 5. The number of aromatic hydroxyl groups is 1. The summed E-state index contributed by atoms with van der Waals surface area (Å²) in [5.74, 6) is -0.223. The van der Waals surface area contributed by atoms with Crippen LogP contribution in [0.2, 0.25) is 0 Å². The molecule has 2 atom stereocenters. The van der Waals surface area contributed by atoms with Gasteiger partial charge in [-0.1, -0.05) is 12.8 Å². The molecule has 1 aromatic carbocycles. The lowest BCUT2D eigenvalue weighted by Crippen LogP contribution is -2.55. The van der Waals surface area contributed by atoms with E-state index in [1.54, 1.807) is 6.92 Å². The predicted molar refractivity (Wildman–Crippen MR) is 102 cm³/mol. The summed E-state index contributed by atoms with van der Waals surface area (Å²) in [4.78, 5) is 14.0. The molecule has 4 rings (SSSR count). The number of phenolic OH excluding ortho intramolecular Hbond substituents is 1. The van der Waals surface area contributed by atoms with Crippen LogP contribution in [0, 0.1) is 6.92 Å². The Labute approximate surface area is 170 Å². The largest absolute Gasteiger partial charge is 0.507 e. The van der Waals surface area contributed by atoms with Gasteiger partial charge < -0.3 is 15.5 Å². The monoisotopic (exact) mass is 422 g/mol. The highest BCUT2D eigenvalue weighted by Crippen LogP contribution is 2.39. The number of halogens is 3. The molecule has 3 N–H and O–H groups in total. The molecule has 10 heteroatoms. The van der Waals surface area contributed by atoms with Crippen molar-refractivity contribution in [1.82, 2.24) is 15.5 Å². The number of carbonyl (C=O) groups excluding carboxylic acids is 1. The Hall–Kier alpha value is -2.88. The van der Waals surface area contributed by atoms with Crippen molar-refractivity contribution in [3.63, 3.8) is 0 Å². The van der Waals surface area contributed by atoms with Gasteiger partial charge in [0.1, 0.15) is 11.4 Å². The van der Waals surface area contributed by atoms with Gasteiger partial charge in [0.15, 0.2) is 5.82 Å². The van der Waals surface area contributed by atoms with E-state index in [0.717, 1.165) is 25.0 Å². The number of anilines is 1.